The summed E-state index contributed by atoms with van der Waals surface area (Å²) in [4.78, 5) is 0.660. The Labute approximate surface area is 134 Å². The fourth-order valence-electron chi connectivity index (χ4n) is 2.34. The number of benzene rings is 1. The third-order valence-electron chi connectivity index (χ3n) is 3.33. The molecule has 112 valence electrons. The van der Waals surface area contributed by atoms with Gasteiger partial charge in [0.25, 0.3) is 10.0 Å². The van der Waals surface area contributed by atoms with Gasteiger partial charge in [0.15, 0.2) is 0 Å². The Balaban J connectivity index is 2.09. The fraction of sp³-hybridized carbons (Fsp3) is 0.231. The summed E-state index contributed by atoms with van der Waals surface area (Å²) < 4.78 is 40.6. The Kier molecular flexibility index (Phi) is 3.81. The number of thiophene rings is 1. The molecule has 0 saturated heterocycles. The van der Waals surface area contributed by atoms with E-state index in [9.17, 15) is 12.8 Å². The van der Waals surface area contributed by atoms with E-state index in [1.165, 1.54) is 33.8 Å². The molecule has 8 heteroatoms. The second kappa shape index (κ2) is 5.35. The number of nitrogens with zero attached hydrogens (tertiary/aromatic N) is 1. The highest BCUT2D eigenvalue weighted by atomic mass is 79.9. The van der Waals surface area contributed by atoms with Gasteiger partial charge >= 0.3 is 0 Å². The summed E-state index contributed by atoms with van der Waals surface area (Å²) in [5, 5.41) is 9.13. The molecular weight excluding hydrogens is 381 g/mol. The van der Waals surface area contributed by atoms with Crippen molar-refractivity contribution in [1.82, 2.24) is 0 Å². The molecule has 0 radical (unpaired) electrons. The van der Waals surface area contributed by atoms with Crippen LogP contribution in [-0.2, 0) is 23.1 Å². The monoisotopic (exact) mass is 391 g/mol. The van der Waals surface area contributed by atoms with E-state index >= 15 is 0 Å². The summed E-state index contributed by atoms with van der Waals surface area (Å²) in [5.74, 6) is -0.462. The Morgan fingerprint density at radius 1 is 1.38 bits per heavy atom. The number of fused-ring (bicyclic) bond motifs is 1. The van der Waals surface area contributed by atoms with E-state index in [1.54, 1.807) is 6.07 Å². The molecular formula is C13H11BrFNO3S2. The molecule has 1 N–H and O–H groups in total. The van der Waals surface area contributed by atoms with Crippen LogP contribution in [0.25, 0.3) is 0 Å². The largest absolute Gasteiger partial charge is 0.391 e. The average molecular weight is 392 g/mol. The topological polar surface area (TPSA) is 57.6 Å². The summed E-state index contributed by atoms with van der Waals surface area (Å²) in [7, 11) is -3.77. The van der Waals surface area contributed by atoms with Crippen molar-refractivity contribution in [3.05, 3.63) is 44.3 Å². The number of rotatable bonds is 3. The van der Waals surface area contributed by atoms with E-state index in [4.69, 9.17) is 5.11 Å². The highest BCUT2D eigenvalue weighted by Gasteiger charge is 2.33. The number of hydrogen-bond acceptors (Lipinski definition) is 4. The van der Waals surface area contributed by atoms with Gasteiger partial charge in [-0.25, -0.2) is 12.8 Å². The van der Waals surface area contributed by atoms with Crippen molar-refractivity contribution in [2.75, 3.05) is 10.8 Å². The van der Waals surface area contributed by atoms with E-state index in [0.29, 0.717) is 20.8 Å². The van der Waals surface area contributed by atoms with Crippen LogP contribution in [0.3, 0.4) is 0 Å². The van der Waals surface area contributed by atoms with E-state index in [1.807, 2.05) is 0 Å². The van der Waals surface area contributed by atoms with Crippen molar-refractivity contribution in [3.63, 3.8) is 0 Å². The predicted octanol–water partition coefficient (Wildman–Crippen LogP) is 2.89. The lowest BCUT2D eigenvalue weighted by Crippen LogP contribution is -2.29. The molecule has 0 amide bonds. The molecule has 0 atom stereocenters. The lowest BCUT2D eigenvalue weighted by atomic mass is 10.2. The molecule has 1 aromatic carbocycles. The second-order valence-corrected chi connectivity index (χ2v) is 8.89. The number of halogens is 2. The molecule has 0 unspecified atom stereocenters. The smallest absolute Gasteiger partial charge is 0.266 e. The summed E-state index contributed by atoms with van der Waals surface area (Å²) in [5.41, 5.74) is 1.20. The zero-order valence-corrected chi connectivity index (χ0v) is 13.9. The van der Waals surface area contributed by atoms with Crippen LogP contribution in [0.1, 0.15) is 10.4 Å². The van der Waals surface area contributed by atoms with Crippen molar-refractivity contribution in [2.24, 2.45) is 0 Å². The van der Waals surface area contributed by atoms with E-state index in [0.717, 1.165) is 5.56 Å². The number of hydrogen-bond donors (Lipinski definition) is 1. The lowest BCUT2D eigenvalue weighted by Gasteiger charge is -2.19. The van der Waals surface area contributed by atoms with Crippen molar-refractivity contribution in [2.45, 2.75) is 17.9 Å². The minimum absolute atomic E-state index is 0.105. The quantitative estimate of drug-likeness (QED) is 0.874. The molecule has 0 saturated carbocycles. The molecule has 0 aliphatic carbocycles. The zero-order valence-electron chi connectivity index (χ0n) is 10.7. The van der Waals surface area contributed by atoms with Gasteiger partial charge < -0.3 is 5.11 Å². The van der Waals surface area contributed by atoms with E-state index < -0.39 is 15.8 Å². The van der Waals surface area contributed by atoms with Crippen LogP contribution in [-0.4, -0.2) is 20.1 Å². The van der Waals surface area contributed by atoms with Crippen molar-refractivity contribution in [3.8, 4) is 0 Å². The van der Waals surface area contributed by atoms with Gasteiger partial charge in [-0.05, 0) is 46.1 Å². The summed E-state index contributed by atoms with van der Waals surface area (Å²) >= 11 is 4.39. The van der Waals surface area contributed by atoms with Crippen LogP contribution in [0.2, 0.25) is 0 Å². The molecule has 3 rings (SSSR count). The maximum atomic E-state index is 13.4. The average Bonchev–Trinajstić information content (AvgIpc) is 3.02. The van der Waals surface area contributed by atoms with Gasteiger partial charge in [-0.3, -0.25) is 4.31 Å². The molecule has 2 aromatic rings. The predicted molar refractivity (Wildman–Crippen MR) is 82.6 cm³/mol. The highest BCUT2D eigenvalue weighted by Crippen LogP contribution is 2.38. The van der Waals surface area contributed by atoms with Gasteiger partial charge in [0.1, 0.15) is 10.7 Å². The first-order chi connectivity index (χ1) is 9.93. The first-order valence-corrected chi connectivity index (χ1v) is 9.18. The molecule has 1 aliphatic heterocycles. The van der Waals surface area contributed by atoms with E-state index in [2.05, 4.69) is 15.9 Å². The first kappa shape index (κ1) is 15.0. The molecule has 1 aliphatic rings. The third-order valence-corrected chi connectivity index (χ3v) is 7.38. The van der Waals surface area contributed by atoms with Crippen molar-refractivity contribution >= 4 is 43.0 Å². The Morgan fingerprint density at radius 2 is 2.14 bits per heavy atom. The molecule has 1 aromatic heterocycles. The zero-order chi connectivity index (χ0) is 15.2. The van der Waals surface area contributed by atoms with Crippen LogP contribution in [0.4, 0.5) is 10.1 Å². The minimum Gasteiger partial charge on any atom is -0.391 e. The van der Waals surface area contributed by atoms with Gasteiger partial charge in [-0.2, -0.15) is 0 Å². The van der Waals surface area contributed by atoms with Crippen molar-refractivity contribution < 1.29 is 17.9 Å². The maximum absolute atomic E-state index is 13.4. The van der Waals surface area contributed by atoms with Gasteiger partial charge in [0.2, 0.25) is 0 Å². The van der Waals surface area contributed by atoms with Crippen LogP contribution in [0, 0.1) is 5.82 Å². The normalized spacial score (nSPS) is 14.5. The number of aliphatic hydroxyl groups excluding tert-OH is 1. The molecule has 21 heavy (non-hydrogen) atoms. The standard InChI is InChI=1S/C13H11BrFNO3S2/c14-13-12(6-10(7-17)20-13)21(18,19)16-4-3-8-1-2-9(15)5-11(8)16/h1-2,5-6,17H,3-4,7H2. The van der Waals surface area contributed by atoms with Crippen molar-refractivity contribution in [1.29, 1.82) is 0 Å². The number of anilines is 1. The highest BCUT2D eigenvalue weighted by molar-refractivity contribution is 9.11. The summed E-state index contributed by atoms with van der Waals surface area (Å²) in [6.45, 7) is 0.0713. The van der Waals surface area contributed by atoms with Gasteiger partial charge in [0, 0.05) is 11.4 Å². The summed E-state index contributed by atoms with van der Waals surface area (Å²) in [6, 6.07) is 5.63. The molecule has 4 nitrogen and oxygen atoms in total. The third kappa shape index (κ3) is 2.50. The first-order valence-electron chi connectivity index (χ1n) is 6.13. The van der Waals surface area contributed by atoms with Crippen LogP contribution in [0.5, 0.6) is 0 Å². The SMILES string of the molecule is O=S(=O)(c1cc(CO)sc1Br)N1CCc2ccc(F)cc21. The minimum atomic E-state index is -3.77. The molecule has 2 heterocycles. The molecule has 0 fully saturated rings. The van der Waals surface area contributed by atoms with Crippen LogP contribution in [0.15, 0.2) is 32.9 Å². The Morgan fingerprint density at radius 3 is 2.81 bits per heavy atom. The molecule has 0 bridgehead atoms. The number of aliphatic hydroxyl groups is 1. The van der Waals surface area contributed by atoms with Gasteiger partial charge in [-0.1, -0.05) is 6.07 Å². The Hall–Kier alpha value is -0.960. The maximum Gasteiger partial charge on any atom is 0.266 e. The second-order valence-electron chi connectivity index (χ2n) is 4.61. The summed E-state index contributed by atoms with van der Waals surface area (Å²) in [6.07, 6.45) is 0.559. The molecule has 0 spiro atoms. The van der Waals surface area contributed by atoms with E-state index in [-0.39, 0.29) is 18.0 Å². The van der Waals surface area contributed by atoms with Crippen LogP contribution < -0.4 is 4.31 Å². The fourth-order valence-corrected chi connectivity index (χ4v) is 6.33. The van der Waals surface area contributed by atoms with Gasteiger partial charge in [0.05, 0.1) is 16.1 Å². The lowest BCUT2D eigenvalue weighted by molar-refractivity contribution is 0.285. The Bertz CT molecular complexity index is 804. The van der Waals surface area contributed by atoms with Crippen LogP contribution >= 0.6 is 27.3 Å². The number of sulfonamides is 1. The van der Waals surface area contributed by atoms with Gasteiger partial charge in [-0.15, -0.1) is 11.3 Å².